The first kappa shape index (κ1) is 20.3. The summed E-state index contributed by atoms with van der Waals surface area (Å²) in [5.41, 5.74) is 1.92. The Labute approximate surface area is 178 Å². The van der Waals surface area contributed by atoms with Crippen molar-refractivity contribution in [1.29, 1.82) is 0 Å². The number of pyridine rings is 1. The van der Waals surface area contributed by atoms with Gasteiger partial charge in [0.25, 0.3) is 5.91 Å². The van der Waals surface area contributed by atoms with E-state index in [1.54, 1.807) is 56.4 Å². The van der Waals surface area contributed by atoms with Crippen LogP contribution in [0.1, 0.15) is 29.4 Å². The van der Waals surface area contributed by atoms with Gasteiger partial charge in [0, 0.05) is 18.7 Å². The number of fused-ring (bicyclic) bond motifs is 1. The van der Waals surface area contributed by atoms with Gasteiger partial charge in [0.2, 0.25) is 5.91 Å². The Kier molecular flexibility index (Phi) is 5.48. The molecule has 0 aliphatic carbocycles. The molecule has 1 aliphatic rings. The lowest BCUT2D eigenvalue weighted by Gasteiger charge is -2.27. The van der Waals surface area contributed by atoms with Crippen molar-refractivity contribution >= 4 is 29.2 Å². The lowest BCUT2D eigenvalue weighted by Crippen LogP contribution is -2.41. The highest BCUT2D eigenvalue weighted by molar-refractivity contribution is 6.05. The van der Waals surface area contributed by atoms with Gasteiger partial charge < -0.3 is 15.0 Å². The van der Waals surface area contributed by atoms with Gasteiger partial charge in [-0.25, -0.2) is 14.5 Å². The van der Waals surface area contributed by atoms with Gasteiger partial charge in [-0.05, 0) is 38.1 Å². The third-order valence-electron chi connectivity index (χ3n) is 5.05. The van der Waals surface area contributed by atoms with Crippen molar-refractivity contribution in [2.75, 3.05) is 16.8 Å². The highest BCUT2D eigenvalue weighted by Crippen LogP contribution is 2.31. The summed E-state index contributed by atoms with van der Waals surface area (Å²) < 4.78 is 6.83. The summed E-state index contributed by atoms with van der Waals surface area (Å²) in [5.74, 6) is -0.676. The van der Waals surface area contributed by atoms with Crippen LogP contribution >= 0.6 is 0 Å². The molecule has 31 heavy (non-hydrogen) atoms. The molecule has 0 saturated carbocycles. The first-order valence-electron chi connectivity index (χ1n) is 9.80. The Morgan fingerprint density at radius 3 is 2.74 bits per heavy atom. The number of carbonyl (C=O) groups excluding carboxylic acids is 3. The van der Waals surface area contributed by atoms with Gasteiger partial charge in [-0.1, -0.05) is 18.2 Å². The minimum Gasteiger partial charge on any atom is -0.452 e. The number of nitrogens with zero attached hydrogens (tertiary/aromatic N) is 4. The predicted molar refractivity (Wildman–Crippen MR) is 113 cm³/mol. The van der Waals surface area contributed by atoms with Crippen molar-refractivity contribution < 1.29 is 19.1 Å². The Hall–Kier alpha value is -4.01. The quantitative estimate of drug-likeness (QED) is 0.651. The second-order valence-corrected chi connectivity index (χ2v) is 7.20. The summed E-state index contributed by atoms with van der Waals surface area (Å²) in [6.07, 6.45) is 3.17. The molecule has 0 bridgehead atoms. The molecule has 0 fully saturated rings. The highest BCUT2D eigenvalue weighted by atomic mass is 16.5. The summed E-state index contributed by atoms with van der Waals surface area (Å²) in [6, 6.07) is 12.0. The number of carbonyl (C=O) groups is 3. The van der Waals surface area contributed by atoms with Crippen molar-refractivity contribution in [3.05, 3.63) is 66.1 Å². The van der Waals surface area contributed by atoms with Crippen molar-refractivity contribution in [3.8, 4) is 5.82 Å². The average molecular weight is 419 g/mol. The number of hydrogen-bond acceptors (Lipinski definition) is 6. The maximum Gasteiger partial charge on any atom is 0.342 e. The van der Waals surface area contributed by atoms with E-state index in [1.807, 2.05) is 6.07 Å². The van der Waals surface area contributed by atoms with Crippen LogP contribution in [0.4, 0.5) is 11.4 Å². The number of anilines is 2. The smallest absolute Gasteiger partial charge is 0.342 e. The zero-order valence-corrected chi connectivity index (χ0v) is 17.1. The maximum absolute atomic E-state index is 13.0. The molecule has 1 aromatic carbocycles. The molecule has 0 saturated heterocycles. The Balaban J connectivity index is 1.50. The van der Waals surface area contributed by atoms with Gasteiger partial charge in [-0.2, -0.15) is 5.10 Å². The molecule has 2 amide bonds. The number of amides is 2. The number of nitrogens with one attached hydrogen (secondary N) is 1. The number of rotatable bonds is 4. The van der Waals surface area contributed by atoms with E-state index in [1.165, 1.54) is 15.8 Å². The van der Waals surface area contributed by atoms with Crippen LogP contribution in [0.2, 0.25) is 0 Å². The second kappa shape index (κ2) is 8.39. The van der Waals surface area contributed by atoms with Gasteiger partial charge in [0.05, 0.1) is 23.3 Å². The standard InChI is InChI=1S/C22H21N5O4/c1-14-11-20(28)25-17-7-3-4-8-18(17)26(14)21(29)13-31-22(30)16-12-24-27(15(16)2)19-9-5-6-10-23-19/h3-10,12,14H,11,13H2,1-2H3,(H,25,28). The van der Waals surface area contributed by atoms with Crippen LogP contribution in [-0.2, 0) is 14.3 Å². The molecule has 1 aliphatic heterocycles. The van der Waals surface area contributed by atoms with E-state index in [0.29, 0.717) is 22.9 Å². The van der Waals surface area contributed by atoms with E-state index >= 15 is 0 Å². The van der Waals surface area contributed by atoms with Crippen LogP contribution in [0.5, 0.6) is 0 Å². The fraction of sp³-hybridized carbons (Fsp3) is 0.227. The van der Waals surface area contributed by atoms with Gasteiger partial charge in [0.15, 0.2) is 12.4 Å². The molecule has 0 spiro atoms. The maximum atomic E-state index is 13.0. The lowest BCUT2D eigenvalue weighted by atomic mass is 10.1. The van der Waals surface area contributed by atoms with Gasteiger partial charge >= 0.3 is 5.97 Å². The summed E-state index contributed by atoms with van der Waals surface area (Å²) >= 11 is 0. The van der Waals surface area contributed by atoms with E-state index in [9.17, 15) is 14.4 Å². The van der Waals surface area contributed by atoms with Gasteiger partial charge in [-0.15, -0.1) is 0 Å². The molecule has 158 valence electrons. The summed E-state index contributed by atoms with van der Waals surface area (Å²) in [4.78, 5) is 43.4. The third kappa shape index (κ3) is 4.02. The Morgan fingerprint density at radius 1 is 1.19 bits per heavy atom. The Morgan fingerprint density at radius 2 is 1.97 bits per heavy atom. The number of ether oxygens (including phenoxy) is 1. The molecule has 3 aromatic rings. The Bertz CT molecular complexity index is 1140. The van der Waals surface area contributed by atoms with Gasteiger partial charge in [0.1, 0.15) is 5.56 Å². The average Bonchev–Trinajstić information content (AvgIpc) is 3.09. The molecule has 3 heterocycles. The zero-order chi connectivity index (χ0) is 22.0. The number of esters is 1. The van der Waals surface area contributed by atoms with Crippen LogP contribution in [-0.4, -0.2) is 45.2 Å². The summed E-state index contributed by atoms with van der Waals surface area (Å²) in [7, 11) is 0. The topological polar surface area (TPSA) is 106 Å². The molecule has 9 heteroatoms. The lowest BCUT2D eigenvalue weighted by molar-refractivity contribution is -0.122. The largest absolute Gasteiger partial charge is 0.452 e. The van der Waals surface area contributed by atoms with Crippen molar-refractivity contribution in [2.24, 2.45) is 0 Å². The summed E-state index contributed by atoms with van der Waals surface area (Å²) in [6.45, 7) is 3.05. The number of hydrogen-bond donors (Lipinski definition) is 1. The second-order valence-electron chi connectivity index (χ2n) is 7.20. The predicted octanol–water partition coefficient (Wildman–Crippen LogP) is 2.50. The number of benzene rings is 1. The van der Waals surface area contributed by atoms with Crippen molar-refractivity contribution in [2.45, 2.75) is 26.3 Å². The van der Waals surface area contributed by atoms with Crippen LogP contribution in [0.15, 0.2) is 54.9 Å². The van der Waals surface area contributed by atoms with E-state index in [0.717, 1.165) is 0 Å². The third-order valence-corrected chi connectivity index (χ3v) is 5.05. The van der Waals surface area contributed by atoms with Crippen molar-refractivity contribution in [3.63, 3.8) is 0 Å². The zero-order valence-electron chi connectivity index (χ0n) is 17.1. The number of para-hydroxylation sites is 2. The molecule has 1 atom stereocenters. The van der Waals surface area contributed by atoms with Crippen molar-refractivity contribution in [1.82, 2.24) is 14.8 Å². The molecule has 0 radical (unpaired) electrons. The molecule has 9 nitrogen and oxygen atoms in total. The van der Waals surface area contributed by atoms with Crippen LogP contribution in [0, 0.1) is 6.92 Å². The van der Waals surface area contributed by atoms with Crippen LogP contribution < -0.4 is 10.2 Å². The molecule has 2 aromatic heterocycles. The van der Waals surface area contributed by atoms with E-state index in [4.69, 9.17) is 4.74 Å². The number of aromatic nitrogens is 3. The monoisotopic (exact) mass is 419 g/mol. The highest BCUT2D eigenvalue weighted by Gasteiger charge is 2.30. The molecule has 1 N–H and O–H groups in total. The molecule has 1 unspecified atom stereocenters. The fourth-order valence-electron chi connectivity index (χ4n) is 3.56. The van der Waals surface area contributed by atoms with Crippen LogP contribution in [0.3, 0.4) is 0 Å². The SMILES string of the molecule is Cc1c(C(=O)OCC(=O)N2c3ccccc3NC(=O)CC2C)cnn1-c1ccccn1. The van der Waals surface area contributed by atoms with Crippen LogP contribution in [0.25, 0.3) is 5.82 Å². The van der Waals surface area contributed by atoms with Gasteiger partial charge in [-0.3, -0.25) is 9.59 Å². The molecular weight excluding hydrogens is 398 g/mol. The van der Waals surface area contributed by atoms with E-state index in [-0.39, 0.29) is 23.9 Å². The van der Waals surface area contributed by atoms with E-state index in [2.05, 4.69) is 15.4 Å². The molecular formula is C22H21N5O4. The molecule has 4 rings (SSSR count). The minimum absolute atomic E-state index is 0.143. The van der Waals surface area contributed by atoms with E-state index < -0.39 is 18.5 Å². The first-order chi connectivity index (χ1) is 15.0. The normalized spacial score (nSPS) is 15.6. The summed E-state index contributed by atoms with van der Waals surface area (Å²) in [5, 5.41) is 7.00. The first-order valence-corrected chi connectivity index (χ1v) is 9.80. The minimum atomic E-state index is -0.655. The fourth-order valence-corrected chi connectivity index (χ4v) is 3.56.